The van der Waals surface area contributed by atoms with Gasteiger partial charge in [-0.05, 0) is 34.1 Å². The molecule has 0 aliphatic carbocycles. The summed E-state index contributed by atoms with van der Waals surface area (Å²) in [6, 6.07) is 0.283. The summed E-state index contributed by atoms with van der Waals surface area (Å²) < 4.78 is 0. The van der Waals surface area contributed by atoms with Crippen molar-refractivity contribution in [3.05, 3.63) is 0 Å². The lowest BCUT2D eigenvalue weighted by molar-refractivity contribution is -0.136. The molecule has 14 heavy (non-hydrogen) atoms. The van der Waals surface area contributed by atoms with Gasteiger partial charge in [-0.2, -0.15) is 11.8 Å². The van der Waals surface area contributed by atoms with Crippen LogP contribution in [-0.4, -0.2) is 48.5 Å². The summed E-state index contributed by atoms with van der Waals surface area (Å²) in [5.74, 6) is 1.11. The summed E-state index contributed by atoms with van der Waals surface area (Å²) in [6.45, 7) is 5.87. The highest BCUT2D eigenvalue weighted by atomic mass is 32.2. The van der Waals surface area contributed by atoms with Crippen molar-refractivity contribution in [2.45, 2.75) is 32.4 Å². The average Bonchev–Trinajstić information content (AvgIpc) is 2.15. The number of carbonyl (C=O) groups is 1. The molecule has 0 aromatic rings. The molecule has 84 valence electrons. The fourth-order valence-corrected chi connectivity index (χ4v) is 1.81. The quantitative estimate of drug-likeness (QED) is 0.752. The lowest BCUT2D eigenvalue weighted by Crippen LogP contribution is -2.54. The fourth-order valence-electron chi connectivity index (χ4n) is 1.10. The Balaban J connectivity index is 4.38. The second kappa shape index (κ2) is 5.61. The van der Waals surface area contributed by atoms with Crippen LogP contribution in [0.25, 0.3) is 0 Å². The van der Waals surface area contributed by atoms with E-state index in [2.05, 4.69) is 18.5 Å². The Morgan fingerprint density at radius 3 is 2.43 bits per heavy atom. The third-order valence-electron chi connectivity index (χ3n) is 2.55. The third kappa shape index (κ3) is 3.50. The molecule has 0 spiro atoms. The molecule has 0 aliphatic rings. The van der Waals surface area contributed by atoms with Crippen molar-refractivity contribution in [1.29, 1.82) is 0 Å². The number of hydrogen-bond acceptors (Lipinski definition) is 3. The van der Waals surface area contributed by atoms with E-state index in [0.29, 0.717) is 0 Å². The number of nitrogens with zero attached hydrogens (tertiary/aromatic N) is 1. The molecule has 0 fully saturated rings. The van der Waals surface area contributed by atoms with Gasteiger partial charge in [-0.15, -0.1) is 0 Å². The highest BCUT2D eigenvalue weighted by Crippen LogP contribution is 2.11. The number of thioether (sulfide) groups is 1. The first-order chi connectivity index (χ1) is 6.36. The first-order valence-electron chi connectivity index (χ1n) is 4.82. The van der Waals surface area contributed by atoms with E-state index in [1.165, 1.54) is 0 Å². The first kappa shape index (κ1) is 13.8. The Morgan fingerprint density at radius 2 is 2.07 bits per heavy atom. The Bertz CT molecular complexity index is 195. The first-order valence-corrected chi connectivity index (χ1v) is 6.21. The number of carbonyl (C=O) groups excluding carboxylic acids is 1. The summed E-state index contributed by atoms with van der Waals surface area (Å²) in [5, 5.41) is 3.02. The minimum atomic E-state index is -0.471. The molecule has 0 saturated heterocycles. The molecule has 1 N–H and O–H groups in total. The van der Waals surface area contributed by atoms with Crippen LogP contribution in [0.4, 0.5) is 0 Å². The van der Waals surface area contributed by atoms with Gasteiger partial charge in [0.1, 0.15) is 0 Å². The number of nitrogens with one attached hydrogen (secondary N) is 1. The molecule has 0 aromatic heterocycles. The zero-order chi connectivity index (χ0) is 11.4. The molecule has 0 aromatic carbocycles. The Hall–Kier alpha value is -0.220. The van der Waals surface area contributed by atoms with Gasteiger partial charge in [0.25, 0.3) is 0 Å². The Morgan fingerprint density at radius 1 is 1.57 bits per heavy atom. The predicted molar refractivity (Wildman–Crippen MR) is 63.8 cm³/mol. The van der Waals surface area contributed by atoms with Crippen LogP contribution in [0.15, 0.2) is 0 Å². The molecule has 4 heteroatoms. The minimum absolute atomic E-state index is 0.140. The van der Waals surface area contributed by atoms with Crippen molar-refractivity contribution in [1.82, 2.24) is 10.2 Å². The molecule has 1 amide bonds. The summed E-state index contributed by atoms with van der Waals surface area (Å²) in [5.41, 5.74) is -0.471. The minimum Gasteiger partial charge on any atom is -0.341 e. The van der Waals surface area contributed by atoms with Crippen LogP contribution < -0.4 is 5.32 Å². The number of hydrogen-bond donors (Lipinski definition) is 1. The predicted octanol–water partition coefficient (Wildman–Crippen LogP) is 1.19. The largest absolute Gasteiger partial charge is 0.341 e. The summed E-state index contributed by atoms with van der Waals surface area (Å²) >= 11 is 1.76. The van der Waals surface area contributed by atoms with E-state index < -0.39 is 5.54 Å². The van der Waals surface area contributed by atoms with E-state index in [-0.39, 0.29) is 11.9 Å². The van der Waals surface area contributed by atoms with E-state index in [0.717, 1.165) is 5.75 Å². The molecule has 0 rings (SSSR count). The second-order valence-electron chi connectivity index (χ2n) is 4.10. The van der Waals surface area contributed by atoms with Gasteiger partial charge in [-0.3, -0.25) is 4.79 Å². The second-order valence-corrected chi connectivity index (χ2v) is 5.01. The van der Waals surface area contributed by atoms with E-state index in [4.69, 9.17) is 0 Å². The van der Waals surface area contributed by atoms with E-state index >= 15 is 0 Å². The maximum Gasteiger partial charge on any atom is 0.242 e. The van der Waals surface area contributed by atoms with Crippen LogP contribution in [0, 0.1) is 0 Å². The molecular weight excluding hydrogens is 196 g/mol. The third-order valence-corrected chi connectivity index (χ3v) is 3.36. The van der Waals surface area contributed by atoms with Gasteiger partial charge < -0.3 is 10.2 Å². The normalized spacial score (nSPS) is 13.9. The highest BCUT2D eigenvalue weighted by Gasteiger charge is 2.30. The van der Waals surface area contributed by atoms with Crippen molar-refractivity contribution in [3.63, 3.8) is 0 Å². The zero-order valence-corrected chi connectivity index (χ0v) is 10.9. The summed E-state index contributed by atoms with van der Waals surface area (Å²) in [7, 11) is 3.67. The molecule has 1 unspecified atom stereocenters. The number of likely N-dealkylation sites (N-methyl/N-ethyl adjacent to an activating group) is 2. The maximum absolute atomic E-state index is 12.0. The molecular formula is C10H22N2OS. The topological polar surface area (TPSA) is 32.3 Å². The van der Waals surface area contributed by atoms with Gasteiger partial charge in [0.05, 0.1) is 5.54 Å². The summed E-state index contributed by atoms with van der Waals surface area (Å²) in [4.78, 5) is 13.8. The molecule has 1 atom stereocenters. The van der Waals surface area contributed by atoms with Crippen molar-refractivity contribution < 1.29 is 4.79 Å². The van der Waals surface area contributed by atoms with E-state index in [9.17, 15) is 4.79 Å². The van der Waals surface area contributed by atoms with Gasteiger partial charge in [0.2, 0.25) is 5.91 Å². The molecule has 0 saturated carbocycles. The van der Waals surface area contributed by atoms with Crippen LogP contribution >= 0.6 is 11.8 Å². The highest BCUT2D eigenvalue weighted by molar-refractivity contribution is 7.98. The van der Waals surface area contributed by atoms with E-state index in [1.807, 2.05) is 32.8 Å². The van der Waals surface area contributed by atoms with Crippen LogP contribution in [0.2, 0.25) is 0 Å². The van der Waals surface area contributed by atoms with Crippen LogP contribution in [0.3, 0.4) is 0 Å². The smallest absolute Gasteiger partial charge is 0.242 e. The SMILES string of the molecule is CNC(C)(C)C(=O)N(C)C(C)CSC. The summed E-state index contributed by atoms with van der Waals surface area (Å²) in [6.07, 6.45) is 2.05. The van der Waals surface area contributed by atoms with Gasteiger partial charge in [-0.1, -0.05) is 0 Å². The van der Waals surface area contributed by atoms with Gasteiger partial charge in [0, 0.05) is 18.8 Å². The molecule has 0 aliphatic heterocycles. The molecule has 0 heterocycles. The van der Waals surface area contributed by atoms with Crippen molar-refractivity contribution in [2.75, 3.05) is 26.1 Å². The van der Waals surface area contributed by atoms with Crippen molar-refractivity contribution in [3.8, 4) is 0 Å². The average molecular weight is 218 g/mol. The van der Waals surface area contributed by atoms with Gasteiger partial charge in [-0.25, -0.2) is 0 Å². The van der Waals surface area contributed by atoms with Gasteiger partial charge in [0.15, 0.2) is 0 Å². The maximum atomic E-state index is 12.0. The Kier molecular flexibility index (Phi) is 5.52. The standard InChI is InChI=1S/C10H22N2OS/c1-8(7-14-6)12(5)9(13)10(2,3)11-4/h8,11H,7H2,1-6H3. The Labute approximate surface area is 91.6 Å². The molecule has 0 bridgehead atoms. The number of amides is 1. The monoisotopic (exact) mass is 218 g/mol. The zero-order valence-electron chi connectivity index (χ0n) is 10.0. The fraction of sp³-hybridized carbons (Fsp3) is 0.900. The molecule has 0 radical (unpaired) electrons. The lowest BCUT2D eigenvalue weighted by atomic mass is 10.0. The van der Waals surface area contributed by atoms with Crippen molar-refractivity contribution >= 4 is 17.7 Å². The van der Waals surface area contributed by atoms with Gasteiger partial charge >= 0.3 is 0 Å². The molecule has 3 nitrogen and oxygen atoms in total. The van der Waals surface area contributed by atoms with Crippen LogP contribution in [-0.2, 0) is 4.79 Å². The van der Waals surface area contributed by atoms with E-state index in [1.54, 1.807) is 11.8 Å². The van der Waals surface area contributed by atoms with Crippen LogP contribution in [0.1, 0.15) is 20.8 Å². The van der Waals surface area contributed by atoms with Crippen molar-refractivity contribution in [2.24, 2.45) is 0 Å². The number of rotatable bonds is 5. The lowest BCUT2D eigenvalue weighted by Gasteiger charge is -2.32. The van der Waals surface area contributed by atoms with Crippen LogP contribution in [0.5, 0.6) is 0 Å².